The first-order chi connectivity index (χ1) is 5.10. The minimum atomic E-state index is -0.631. The summed E-state index contributed by atoms with van der Waals surface area (Å²) in [5.74, 6) is 0. The van der Waals surface area contributed by atoms with Crippen LogP contribution in [0, 0.1) is 0 Å². The molecule has 0 spiro atoms. The molecule has 0 aliphatic heterocycles. The standard InChI is InChI=1S/C7H16NO3/c1-4-8(10,5-2)7(9)11-6-3/h10H,4-6H2,1-3H3/q+1. The van der Waals surface area contributed by atoms with Gasteiger partial charge in [-0.25, -0.2) is 5.21 Å². The molecule has 0 rings (SSSR count). The summed E-state index contributed by atoms with van der Waals surface area (Å²) in [6.45, 7) is 6.18. The Bertz CT molecular complexity index is 132. The van der Waals surface area contributed by atoms with Crippen LogP contribution >= 0.6 is 0 Å². The van der Waals surface area contributed by atoms with Gasteiger partial charge in [-0.05, 0) is 20.8 Å². The number of rotatable bonds is 3. The monoisotopic (exact) mass is 162 g/mol. The zero-order valence-corrected chi connectivity index (χ0v) is 7.33. The Morgan fingerprint density at radius 2 is 1.82 bits per heavy atom. The summed E-state index contributed by atoms with van der Waals surface area (Å²) in [6.07, 6.45) is -0.572. The number of quaternary nitrogens is 1. The first-order valence-electron chi connectivity index (χ1n) is 3.87. The van der Waals surface area contributed by atoms with E-state index < -0.39 is 10.7 Å². The largest absolute Gasteiger partial charge is 0.549 e. The van der Waals surface area contributed by atoms with Crippen molar-refractivity contribution in [3.63, 3.8) is 0 Å². The summed E-state index contributed by atoms with van der Waals surface area (Å²) in [6, 6.07) is 0. The Morgan fingerprint density at radius 3 is 2.09 bits per heavy atom. The van der Waals surface area contributed by atoms with Crippen molar-refractivity contribution in [3.8, 4) is 0 Å². The van der Waals surface area contributed by atoms with Crippen LogP contribution in [0.25, 0.3) is 0 Å². The lowest BCUT2D eigenvalue weighted by molar-refractivity contribution is -1.04. The van der Waals surface area contributed by atoms with Gasteiger partial charge in [0, 0.05) is 0 Å². The predicted octanol–water partition coefficient (Wildman–Crippen LogP) is 1.39. The highest BCUT2D eigenvalue weighted by atomic mass is 16.7. The number of amides is 1. The van der Waals surface area contributed by atoms with E-state index in [0.717, 1.165) is 0 Å². The smallest absolute Gasteiger partial charge is 0.418 e. The lowest BCUT2D eigenvalue weighted by Gasteiger charge is -2.22. The first-order valence-corrected chi connectivity index (χ1v) is 3.87. The van der Waals surface area contributed by atoms with Gasteiger partial charge in [-0.1, -0.05) is 4.65 Å². The maximum absolute atomic E-state index is 11.0. The molecular weight excluding hydrogens is 146 g/mol. The van der Waals surface area contributed by atoms with E-state index in [9.17, 15) is 10.0 Å². The summed E-state index contributed by atoms with van der Waals surface area (Å²) in [4.78, 5) is 11.0. The fourth-order valence-electron chi connectivity index (χ4n) is 0.725. The Hall–Kier alpha value is -0.610. The highest BCUT2D eigenvalue weighted by Crippen LogP contribution is 2.03. The Labute approximate surface area is 66.9 Å². The van der Waals surface area contributed by atoms with E-state index in [1.54, 1.807) is 20.8 Å². The van der Waals surface area contributed by atoms with Crippen LogP contribution in [-0.4, -0.2) is 35.6 Å². The van der Waals surface area contributed by atoms with Gasteiger partial charge in [-0.2, -0.15) is 4.79 Å². The van der Waals surface area contributed by atoms with E-state index in [2.05, 4.69) is 4.74 Å². The van der Waals surface area contributed by atoms with Gasteiger partial charge in [0.2, 0.25) is 0 Å². The number of hydroxylamine groups is 3. The average Bonchev–Trinajstić information content (AvgIpc) is 2.03. The van der Waals surface area contributed by atoms with Crippen molar-refractivity contribution >= 4 is 6.09 Å². The normalized spacial score (nSPS) is 11.3. The van der Waals surface area contributed by atoms with Crippen LogP contribution in [0.3, 0.4) is 0 Å². The minimum absolute atomic E-state index is 0.305. The Morgan fingerprint density at radius 1 is 1.36 bits per heavy atom. The number of hydrogen-bond acceptors (Lipinski definition) is 3. The molecule has 0 atom stereocenters. The van der Waals surface area contributed by atoms with Crippen molar-refractivity contribution in [2.24, 2.45) is 0 Å². The van der Waals surface area contributed by atoms with Gasteiger partial charge in [-0.3, -0.25) is 0 Å². The zero-order chi connectivity index (χ0) is 8.91. The third-order valence-corrected chi connectivity index (χ3v) is 1.65. The molecule has 0 aliphatic rings. The molecular formula is C7H16NO3+. The molecule has 1 amide bonds. The minimum Gasteiger partial charge on any atom is -0.418 e. The molecule has 66 valence electrons. The van der Waals surface area contributed by atoms with Crippen LogP contribution < -0.4 is 0 Å². The first kappa shape index (κ1) is 10.4. The number of hydrogen-bond donors (Lipinski definition) is 1. The van der Waals surface area contributed by atoms with Gasteiger partial charge < -0.3 is 4.74 Å². The molecule has 0 aromatic rings. The second-order valence-electron chi connectivity index (χ2n) is 2.25. The van der Waals surface area contributed by atoms with Crippen molar-refractivity contribution in [3.05, 3.63) is 0 Å². The van der Waals surface area contributed by atoms with Gasteiger partial charge >= 0.3 is 6.09 Å². The van der Waals surface area contributed by atoms with Crippen LogP contribution in [-0.2, 0) is 4.74 Å². The van der Waals surface area contributed by atoms with E-state index in [1.165, 1.54) is 0 Å². The van der Waals surface area contributed by atoms with E-state index in [1.807, 2.05) is 0 Å². The van der Waals surface area contributed by atoms with Crippen LogP contribution in [0.2, 0.25) is 0 Å². The van der Waals surface area contributed by atoms with Crippen molar-refractivity contribution in [1.29, 1.82) is 0 Å². The molecule has 4 nitrogen and oxygen atoms in total. The molecule has 11 heavy (non-hydrogen) atoms. The highest BCUT2D eigenvalue weighted by Gasteiger charge is 2.33. The molecule has 0 heterocycles. The van der Waals surface area contributed by atoms with E-state index in [4.69, 9.17) is 0 Å². The van der Waals surface area contributed by atoms with Crippen molar-refractivity contribution in [2.45, 2.75) is 20.8 Å². The molecule has 4 heteroatoms. The van der Waals surface area contributed by atoms with Gasteiger partial charge in [0.05, 0.1) is 6.61 Å². The van der Waals surface area contributed by atoms with Gasteiger partial charge in [0.25, 0.3) is 0 Å². The molecule has 0 saturated carbocycles. The van der Waals surface area contributed by atoms with Gasteiger partial charge in [0.15, 0.2) is 0 Å². The number of carbonyl (C=O) groups excluding carboxylic acids is 1. The molecule has 0 aliphatic carbocycles. The summed E-state index contributed by atoms with van der Waals surface area (Å²) >= 11 is 0. The lowest BCUT2D eigenvalue weighted by atomic mass is 10.5. The number of ether oxygens (including phenoxy) is 1. The zero-order valence-electron chi connectivity index (χ0n) is 7.33. The molecule has 0 unspecified atom stereocenters. The second-order valence-corrected chi connectivity index (χ2v) is 2.25. The van der Waals surface area contributed by atoms with Crippen LogP contribution in [0.1, 0.15) is 20.8 Å². The number of carbonyl (C=O) groups is 1. The molecule has 0 saturated heterocycles. The quantitative estimate of drug-likeness (QED) is 0.387. The maximum Gasteiger partial charge on any atom is 0.549 e. The third-order valence-electron chi connectivity index (χ3n) is 1.65. The van der Waals surface area contributed by atoms with Crippen molar-refractivity contribution in [1.82, 2.24) is 0 Å². The third kappa shape index (κ3) is 2.48. The van der Waals surface area contributed by atoms with Crippen molar-refractivity contribution < 1.29 is 19.4 Å². The summed E-state index contributed by atoms with van der Waals surface area (Å²) in [5.41, 5.74) is 0. The van der Waals surface area contributed by atoms with Crippen molar-refractivity contribution in [2.75, 3.05) is 19.7 Å². The summed E-state index contributed by atoms with van der Waals surface area (Å²) in [7, 11) is 0. The molecule has 1 N–H and O–H groups in total. The van der Waals surface area contributed by atoms with E-state index in [-0.39, 0.29) is 0 Å². The fraction of sp³-hybridized carbons (Fsp3) is 0.857. The summed E-state index contributed by atoms with van der Waals surface area (Å²) < 4.78 is 4.04. The summed E-state index contributed by atoms with van der Waals surface area (Å²) in [5, 5.41) is 9.49. The molecule has 0 aromatic heterocycles. The number of nitrogens with zero attached hydrogens (tertiary/aromatic N) is 1. The molecule has 0 aromatic carbocycles. The molecule has 0 bridgehead atoms. The van der Waals surface area contributed by atoms with Gasteiger partial charge in [0.1, 0.15) is 13.1 Å². The lowest BCUT2D eigenvalue weighted by Crippen LogP contribution is -2.49. The highest BCUT2D eigenvalue weighted by molar-refractivity contribution is 5.58. The average molecular weight is 162 g/mol. The predicted molar refractivity (Wildman–Crippen MR) is 40.2 cm³/mol. The molecule has 0 radical (unpaired) electrons. The topological polar surface area (TPSA) is 46.5 Å². The van der Waals surface area contributed by atoms with Crippen LogP contribution in [0.15, 0.2) is 0 Å². The Balaban J connectivity index is 4.12. The second kappa shape index (κ2) is 4.31. The Kier molecular flexibility index (Phi) is 4.07. The molecule has 0 fully saturated rings. The van der Waals surface area contributed by atoms with Crippen LogP contribution in [0.4, 0.5) is 4.79 Å². The van der Waals surface area contributed by atoms with E-state index >= 15 is 0 Å². The van der Waals surface area contributed by atoms with E-state index in [0.29, 0.717) is 19.7 Å². The SMILES string of the molecule is CCOC(=O)[N+](O)(CC)CC. The maximum atomic E-state index is 11.0. The van der Waals surface area contributed by atoms with Crippen LogP contribution in [0.5, 0.6) is 0 Å². The fourth-order valence-corrected chi connectivity index (χ4v) is 0.725. The van der Waals surface area contributed by atoms with Gasteiger partial charge in [-0.15, -0.1) is 0 Å².